The van der Waals surface area contributed by atoms with Crippen LogP contribution in [-0.2, 0) is 16.1 Å². The first kappa shape index (κ1) is 33.7. The number of carbonyl (C=O) groups excluding carboxylic acids is 1. The molecule has 2 heterocycles. The van der Waals surface area contributed by atoms with Gasteiger partial charge in [0.25, 0.3) is 5.56 Å². The van der Waals surface area contributed by atoms with E-state index in [0.29, 0.717) is 25.7 Å². The molecule has 0 spiro atoms. The highest BCUT2D eigenvalue weighted by molar-refractivity contribution is 14.1. The van der Waals surface area contributed by atoms with Crippen LogP contribution in [0.2, 0.25) is 5.02 Å². The third kappa shape index (κ3) is 6.61. The van der Waals surface area contributed by atoms with Gasteiger partial charge in [-0.15, -0.1) is 0 Å². The van der Waals surface area contributed by atoms with Crippen LogP contribution in [0.5, 0.6) is 11.5 Å². The van der Waals surface area contributed by atoms with Crippen LogP contribution in [0.15, 0.2) is 99.9 Å². The number of carbonyl (C=O) groups is 1. The molecule has 7 nitrogen and oxygen atoms in total. The molecule has 48 heavy (non-hydrogen) atoms. The molecule has 246 valence electrons. The van der Waals surface area contributed by atoms with Crippen molar-refractivity contribution < 1.29 is 32.2 Å². The average molecular weight is 805 g/mol. The Kier molecular flexibility index (Phi) is 9.68. The fourth-order valence-electron chi connectivity index (χ4n) is 5.48. The molecule has 0 N–H and O–H groups in total. The van der Waals surface area contributed by atoms with Crippen LogP contribution in [0.25, 0.3) is 16.8 Å². The average Bonchev–Trinajstić information content (AvgIpc) is 3.37. The van der Waals surface area contributed by atoms with Crippen molar-refractivity contribution in [3.05, 3.63) is 135 Å². The number of rotatable bonds is 8. The maximum Gasteiger partial charge on any atom is 0.434 e. The second-order valence-electron chi connectivity index (χ2n) is 10.6. The van der Waals surface area contributed by atoms with Gasteiger partial charge in [0.2, 0.25) is 0 Å². The van der Waals surface area contributed by atoms with Crippen LogP contribution >= 0.6 is 45.5 Å². The van der Waals surface area contributed by atoms with Crippen LogP contribution in [0, 0.1) is 3.57 Å². The van der Waals surface area contributed by atoms with Gasteiger partial charge in [-0.05, 0) is 87.3 Å². The van der Waals surface area contributed by atoms with Crippen molar-refractivity contribution >= 4 is 68.3 Å². The summed E-state index contributed by atoms with van der Waals surface area (Å²) in [6.45, 7) is 1.59. The first-order valence-corrected chi connectivity index (χ1v) is 16.8. The van der Waals surface area contributed by atoms with Crippen molar-refractivity contribution in [3.63, 3.8) is 0 Å². The van der Waals surface area contributed by atoms with Crippen molar-refractivity contribution in [3.8, 4) is 11.5 Å². The van der Waals surface area contributed by atoms with Gasteiger partial charge < -0.3 is 14.2 Å². The van der Waals surface area contributed by atoms with E-state index in [4.69, 9.17) is 25.8 Å². The van der Waals surface area contributed by atoms with Gasteiger partial charge in [0, 0.05) is 5.02 Å². The number of thiazole rings is 1. The Morgan fingerprint density at radius 1 is 1.08 bits per heavy atom. The lowest BCUT2D eigenvalue weighted by Gasteiger charge is -2.26. The third-order valence-corrected chi connectivity index (χ3v) is 9.62. The highest BCUT2D eigenvalue weighted by Gasteiger charge is 2.45. The Hall–Kier alpha value is -4.14. The summed E-state index contributed by atoms with van der Waals surface area (Å²) < 4.78 is 62.0. The second-order valence-corrected chi connectivity index (χ2v) is 13.2. The molecule has 0 radical (unpaired) electrons. The highest BCUT2D eigenvalue weighted by Crippen LogP contribution is 2.39. The van der Waals surface area contributed by atoms with Gasteiger partial charge in [-0.1, -0.05) is 77.5 Å². The highest BCUT2D eigenvalue weighted by atomic mass is 127. The van der Waals surface area contributed by atoms with Gasteiger partial charge in [0.05, 0.1) is 33.4 Å². The number of hydrogen-bond donors (Lipinski definition) is 0. The zero-order valence-electron chi connectivity index (χ0n) is 25.3. The Bertz CT molecular complexity index is 2260. The number of nitrogens with zero attached hydrogens (tertiary/aromatic N) is 2. The molecule has 0 amide bonds. The number of ether oxygens (including phenoxy) is 3. The molecule has 1 aliphatic rings. The first-order chi connectivity index (χ1) is 23.0. The number of benzene rings is 4. The summed E-state index contributed by atoms with van der Waals surface area (Å²) in [7, 11) is 1.50. The minimum atomic E-state index is -5.01. The topological polar surface area (TPSA) is 79.1 Å². The summed E-state index contributed by atoms with van der Waals surface area (Å²) in [6, 6.07) is 21.9. The molecule has 0 aliphatic carbocycles. The third-order valence-electron chi connectivity index (χ3n) is 7.58. The smallest absolute Gasteiger partial charge is 0.434 e. The van der Waals surface area contributed by atoms with E-state index >= 15 is 0 Å². The Labute approximate surface area is 294 Å². The summed E-state index contributed by atoms with van der Waals surface area (Å²) in [5.41, 5.74) is -1.07. The van der Waals surface area contributed by atoms with Gasteiger partial charge in [-0.25, -0.2) is 9.79 Å². The predicted molar refractivity (Wildman–Crippen MR) is 186 cm³/mol. The van der Waals surface area contributed by atoms with Crippen LogP contribution in [0.4, 0.5) is 13.2 Å². The molecule has 1 aliphatic heterocycles. The predicted octanol–water partition coefficient (Wildman–Crippen LogP) is 7.34. The quantitative estimate of drug-likeness (QED) is 0.121. The van der Waals surface area contributed by atoms with E-state index in [-0.39, 0.29) is 28.1 Å². The lowest BCUT2D eigenvalue weighted by molar-refractivity contribution is -0.140. The van der Waals surface area contributed by atoms with Gasteiger partial charge >= 0.3 is 12.1 Å². The molecule has 1 atom stereocenters. The van der Waals surface area contributed by atoms with E-state index in [1.54, 1.807) is 18.2 Å². The van der Waals surface area contributed by atoms with Crippen molar-refractivity contribution in [2.45, 2.75) is 25.7 Å². The van der Waals surface area contributed by atoms with Crippen molar-refractivity contribution in [1.29, 1.82) is 0 Å². The molecule has 0 saturated heterocycles. The summed E-state index contributed by atoms with van der Waals surface area (Å²) in [5.74, 6) is -0.313. The van der Waals surface area contributed by atoms with Crippen LogP contribution < -0.4 is 24.4 Å². The van der Waals surface area contributed by atoms with E-state index in [9.17, 15) is 22.8 Å². The molecule has 0 bridgehead atoms. The van der Waals surface area contributed by atoms with Gasteiger partial charge in [-0.3, -0.25) is 9.36 Å². The molecular formula is C35H25ClF3IN2O5S. The molecule has 6 rings (SSSR count). The first-order valence-electron chi connectivity index (χ1n) is 14.5. The van der Waals surface area contributed by atoms with Crippen molar-refractivity contribution in [1.82, 2.24) is 4.57 Å². The van der Waals surface area contributed by atoms with E-state index in [0.717, 1.165) is 32.2 Å². The fourth-order valence-corrected chi connectivity index (χ4v) is 7.39. The van der Waals surface area contributed by atoms with E-state index < -0.39 is 35.0 Å². The number of alkyl halides is 3. The molecule has 13 heteroatoms. The zero-order valence-corrected chi connectivity index (χ0v) is 29.0. The number of halogens is 5. The normalized spacial score (nSPS) is 14.9. The second kappa shape index (κ2) is 13.8. The SMILES string of the molecule is CCOC(=O)C1=C(C(F)(F)F)N=c2s/c(=C\c3cc(I)c(OCc4cccc5ccccc45)c(OC)c3)c(=O)n2[C@H]1c1ccc(Cl)cc1. The van der Waals surface area contributed by atoms with E-state index in [1.165, 1.54) is 38.3 Å². The number of esters is 1. The monoisotopic (exact) mass is 804 g/mol. The minimum Gasteiger partial charge on any atom is -0.493 e. The Morgan fingerprint density at radius 3 is 2.52 bits per heavy atom. The van der Waals surface area contributed by atoms with Crippen molar-refractivity contribution in [2.75, 3.05) is 13.7 Å². The summed E-state index contributed by atoms with van der Waals surface area (Å²) in [5, 5.41) is 2.49. The summed E-state index contributed by atoms with van der Waals surface area (Å²) in [6.07, 6.45) is -3.46. The van der Waals surface area contributed by atoms with Gasteiger partial charge in [0.1, 0.15) is 6.61 Å². The summed E-state index contributed by atoms with van der Waals surface area (Å²) in [4.78, 5) is 30.6. The van der Waals surface area contributed by atoms with Crippen molar-refractivity contribution in [2.24, 2.45) is 4.99 Å². The summed E-state index contributed by atoms with van der Waals surface area (Å²) >= 11 is 8.94. The van der Waals surface area contributed by atoms with Crippen LogP contribution in [0.3, 0.4) is 0 Å². The van der Waals surface area contributed by atoms with Gasteiger partial charge in [-0.2, -0.15) is 13.2 Å². The number of methoxy groups -OCH3 is 1. The molecule has 0 fully saturated rings. The largest absolute Gasteiger partial charge is 0.493 e. The number of hydrogen-bond acceptors (Lipinski definition) is 7. The Morgan fingerprint density at radius 2 is 1.81 bits per heavy atom. The molecule has 1 aromatic heterocycles. The molecule has 5 aromatic rings. The number of aromatic nitrogens is 1. The van der Waals surface area contributed by atoms with Crippen LogP contribution in [0.1, 0.15) is 29.7 Å². The maximum absolute atomic E-state index is 14.4. The lowest BCUT2D eigenvalue weighted by Crippen LogP contribution is -2.41. The van der Waals surface area contributed by atoms with Gasteiger partial charge in [0.15, 0.2) is 22.0 Å². The fraction of sp³-hybridized carbons (Fsp3) is 0.171. The molecular weight excluding hydrogens is 780 g/mol. The standard InChI is InChI=1S/C35H25ClF3IN2O5S/c1-3-46-33(44)28-29(21-11-13-23(36)14-12-21)42-32(43)27(48-34(42)41-31(28)35(37,38)39)17-19-15-25(40)30(26(16-19)45-2)47-18-22-9-6-8-20-7-4-5-10-24(20)22/h4-17,29H,3,18H2,1-2H3/b27-17-/t29-/m0/s1. The zero-order chi connectivity index (χ0) is 34.2. The van der Waals surface area contributed by atoms with Crippen LogP contribution in [-0.4, -0.2) is 30.4 Å². The molecule has 0 unspecified atom stereocenters. The number of fused-ring (bicyclic) bond motifs is 2. The maximum atomic E-state index is 14.4. The molecule has 0 saturated carbocycles. The molecule has 4 aromatic carbocycles. The van der Waals surface area contributed by atoms with E-state index in [2.05, 4.69) is 27.6 Å². The number of allylic oxidation sites excluding steroid dienone is 1. The minimum absolute atomic E-state index is 0.0987. The Balaban J connectivity index is 1.44. The van der Waals surface area contributed by atoms with E-state index in [1.807, 2.05) is 42.5 Å². The lowest BCUT2D eigenvalue weighted by atomic mass is 9.95.